The average molecular weight is 358 g/mol. The first-order chi connectivity index (χ1) is 12.6. The van der Waals surface area contributed by atoms with E-state index >= 15 is 0 Å². The summed E-state index contributed by atoms with van der Waals surface area (Å²) >= 11 is 0. The molecule has 2 N–H and O–H groups in total. The smallest absolute Gasteiger partial charge is 0.256 e. The summed E-state index contributed by atoms with van der Waals surface area (Å²) in [5.41, 5.74) is 0.449. The van der Waals surface area contributed by atoms with Crippen LogP contribution < -0.4 is 10.6 Å². The quantitative estimate of drug-likeness (QED) is 0.825. The summed E-state index contributed by atoms with van der Waals surface area (Å²) in [5, 5.41) is 5.85. The third-order valence-electron chi connectivity index (χ3n) is 5.20. The lowest BCUT2D eigenvalue weighted by atomic mass is 10.1. The van der Waals surface area contributed by atoms with Crippen LogP contribution >= 0.6 is 0 Å². The van der Waals surface area contributed by atoms with E-state index in [1.165, 1.54) is 6.20 Å². The Labute approximate surface area is 153 Å². The summed E-state index contributed by atoms with van der Waals surface area (Å²) in [7, 11) is 0. The van der Waals surface area contributed by atoms with Crippen molar-refractivity contribution in [3.8, 4) is 0 Å². The highest BCUT2D eigenvalue weighted by molar-refractivity contribution is 5.98. The zero-order valence-electron chi connectivity index (χ0n) is 15.1. The van der Waals surface area contributed by atoms with Gasteiger partial charge < -0.3 is 15.5 Å². The largest absolute Gasteiger partial charge is 0.355 e. The maximum Gasteiger partial charge on any atom is 0.256 e. The monoisotopic (exact) mass is 358 g/mol. The molecule has 2 aliphatic rings. The van der Waals surface area contributed by atoms with Gasteiger partial charge in [0.25, 0.3) is 5.91 Å². The first-order valence-corrected chi connectivity index (χ1v) is 9.39. The number of likely N-dealkylation sites (N-methyl/N-ethyl adjacent to an activating group) is 1. The molecule has 1 saturated carbocycles. The molecule has 0 unspecified atom stereocenters. The van der Waals surface area contributed by atoms with Gasteiger partial charge in [0.1, 0.15) is 6.04 Å². The van der Waals surface area contributed by atoms with Crippen LogP contribution in [0.2, 0.25) is 0 Å². The van der Waals surface area contributed by atoms with Gasteiger partial charge in [0.2, 0.25) is 11.8 Å². The SMILES string of the molecule is CCNC(=O)[C@@H]1C[C@H](NC(=O)C2CCCC2)CN1C(=O)c1cccnc1. The molecule has 1 saturated heterocycles. The van der Waals surface area contributed by atoms with Crippen LogP contribution in [0.3, 0.4) is 0 Å². The lowest BCUT2D eigenvalue weighted by Gasteiger charge is -2.23. The summed E-state index contributed by atoms with van der Waals surface area (Å²) in [6.45, 7) is 2.69. The summed E-state index contributed by atoms with van der Waals surface area (Å²) in [6.07, 6.45) is 7.59. The van der Waals surface area contributed by atoms with E-state index in [0.717, 1.165) is 25.7 Å². The van der Waals surface area contributed by atoms with Crippen molar-refractivity contribution in [1.29, 1.82) is 0 Å². The number of nitrogens with one attached hydrogen (secondary N) is 2. The minimum Gasteiger partial charge on any atom is -0.355 e. The molecule has 1 aliphatic carbocycles. The number of amides is 3. The number of carbonyl (C=O) groups is 3. The molecule has 1 aromatic heterocycles. The molecule has 140 valence electrons. The van der Waals surface area contributed by atoms with Gasteiger partial charge in [-0.3, -0.25) is 19.4 Å². The molecule has 2 fully saturated rings. The Morgan fingerprint density at radius 2 is 2.00 bits per heavy atom. The molecule has 7 nitrogen and oxygen atoms in total. The normalized spacial score (nSPS) is 23.0. The second kappa shape index (κ2) is 8.29. The van der Waals surface area contributed by atoms with Crippen LogP contribution in [0.25, 0.3) is 0 Å². The Bertz CT molecular complexity index is 658. The number of carbonyl (C=O) groups excluding carboxylic acids is 3. The van der Waals surface area contributed by atoms with E-state index in [2.05, 4.69) is 15.6 Å². The molecular formula is C19H26N4O3. The van der Waals surface area contributed by atoms with Crippen molar-refractivity contribution in [2.45, 2.75) is 51.1 Å². The van der Waals surface area contributed by atoms with Crippen LogP contribution in [0, 0.1) is 5.92 Å². The number of likely N-dealkylation sites (tertiary alicyclic amines) is 1. The van der Waals surface area contributed by atoms with Crippen molar-refractivity contribution in [2.75, 3.05) is 13.1 Å². The van der Waals surface area contributed by atoms with E-state index < -0.39 is 6.04 Å². The third kappa shape index (κ3) is 4.03. The van der Waals surface area contributed by atoms with Gasteiger partial charge in [-0.25, -0.2) is 0 Å². The minimum absolute atomic E-state index is 0.0535. The van der Waals surface area contributed by atoms with Crippen LogP contribution in [0.5, 0.6) is 0 Å². The molecular weight excluding hydrogens is 332 g/mol. The zero-order chi connectivity index (χ0) is 18.5. The van der Waals surface area contributed by atoms with E-state index in [1.54, 1.807) is 23.2 Å². The van der Waals surface area contributed by atoms with Gasteiger partial charge in [-0.1, -0.05) is 12.8 Å². The number of aromatic nitrogens is 1. The molecule has 0 spiro atoms. The fourth-order valence-electron chi connectivity index (χ4n) is 3.87. The van der Waals surface area contributed by atoms with Gasteiger partial charge in [-0.05, 0) is 38.3 Å². The summed E-state index contributed by atoms with van der Waals surface area (Å²) in [5.74, 6) is -0.284. The molecule has 0 bridgehead atoms. The highest BCUT2D eigenvalue weighted by Gasteiger charge is 2.41. The molecule has 0 aromatic carbocycles. The molecule has 26 heavy (non-hydrogen) atoms. The van der Waals surface area contributed by atoms with Crippen molar-refractivity contribution < 1.29 is 14.4 Å². The van der Waals surface area contributed by atoms with Crippen molar-refractivity contribution in [1.82, 2.24) is 20.5 Å². The van der Waals surface area contributed by atoms with Crippen LogP contribution in [0.4, 0.5) is 0 Å². The second-order valence-electron chi connectivity index (χ2n) is 7.03. The van der Waals surface area contributed by atoms with Crippen molar-refractivity contribution in [3.63, 3.8) is 0 Å². The molecule has 7 heteroatoms. The first-order valence-electron chi connectivity index (χ1n) is 9.39. The predicted octanol–water partition coefficient (Wildman–Crippen LogP) is 1.11. The highest BCUT2D eigenvalue weighted by atomic mass is 16.2. The fraction of sp³-hybridized carbons (Fsp3) is 0.579. The van der Waals surface area contributed by atoms with E-state index in [1.807, 2.05) is 6.92 Å². The maximum atomic E-state index is 12.8. The Morgan fingerprint density at radius 3 is 2.65 bits per heavy atom. The number of nitrogens with zero attached hydrogens (tertiary/aromatic N) is 2. The Morgan fingerprint density at radius 1 is 1.23 bits per heavy atom. The number of pyridine rings is 1. The minimum atomic E-state index is -0.573. The van der Waals surface area contributed by atoms with Gasteiger partial charge in [0, 0.05) is 37.4 Å². The number of hydrogen-bond donors (Lipinski definition) is 2. The molecule has 2 heterocycles. The van der Waals surface area contributed by atoms with Crippen molar-refractivity contribution in [2.24, 2.45) is 5.92 Å². The lowest BCUT2D eigenvalue weighted by molar-refractivity contribution is -0.126. The first kappa shape index (κ1) is 18.4. The predicted molar refractivity (Wildman–Crippen MR) is 96.3 cm³/mol. The highest BCUT2D eigenvalue weighted by Crippen LogP contribution is 2.26. The Kier molecular flexibility index (Phi) is 5.85. The summed E-state index contributed by atoms with van der Waals surface area (Å²) < 4.78 is 0. The molecule has 3 rings (SSSR count). The topological polar surface area (TPSA) is 91.4 Å². The van der Waals surface area contributed by atoms with Gasteiger partial charge in [0.05, 0.1) is 5.56 Å². The van der Waals surface area contributed by atoms with Crippen molar-refractivity contribution in [3.05, 3.63) is 30.1 Å². The zero-order valence-corrected chi connectivity index (χ0v) is 15.1. The van der Waals surface area contributed by atoms with Gasteiger partial charge >= 0.3 is 0 Å². The van der Waals surface area contributed by atoms with Crippen LogP contribution in [0.15, 0.2) is 24.5 Å². The Balaban J connectivity index is 1.71. The van der Waals surface area contributed by atoms with Gasteiger partial charge in [0.15, 0.2) is 0 Å². The van der Waals surface area contributed by atoms with Gasteiger partial charge in [-0.2, -0.15) is 0 Å². The number of rotatable bonds is 5. The standard InChI is InChI=1S/C19H26N4O3/c1-2-21-18(25)16-10-15(22-17(24)13-6-3-4-7-13)12-23(16)19(26)14-8-5-9-20-11-14/h5,8-9,11,13,15-16H,2-4,6-7,10,12H2,1H3,(H,21,25)(H,22,24)/t15-,16-/m0/s1. The molecule has 1 aromatic rings. The van der Waals surface area contributed by atoms with Crippen molar-refractivity contribution >= 4 is 17.7 Å². The van der Waals surface area contributed by atoms with E-state index in [0.29, 0.717) is 25.1 Å². The summed E-state index contributed by atoms with van der Waals surface area (Å²) in [6, 6.07) is 2.62. The van der Waals surface area contributed by atoms with E-state index in [-0.39, 0.29) is 29.7 Å². The number of hydrogen-bond acceptors (Lipinski definition) is 4. The molecule has 3 amide bonds. The second-order valence-corrected chi connectivity index (χ2v) is 7.03. The molecule has 2 atom stereocenters. The fourth-order valence-corrected chi connectivity index (χ4v) is 3.87. The molecule has 1 aliphatic heterocycles. The van der Waals surface area contributed by atoms with E-state index in [9.17, 15) is 14.4 Å². The lowest BCUT2D eigenvalue weighted by Crippen LogP contribution is -2.46. The van der Waals surface area contributed by atoms with Gasteiger partial charge in [-0.15, -0.1) is 0 Å². The van der Waals surface area contributed by atoms with Crippen LogP contribution in [-0.4, -0.2) is 52.8 Å². The third-order valence-corrected chi connectivity index (χ3v) is 5.20. The van der Waals surface area contributed by atoms with Crippen LogP contribution in [-0.2, 0) is 9.59 Å². The Hall–Kier alpha value is -2.44. The summed E-state index contributed by atoms with van der Waals surface area (Å²) in [4.78, 5) is 43.3. The maximum absolute atomic E-state index is 12.8. The van der Waals surface area contributed by atoms with Crippen LogP contribution in [0.1, 0.15) is 49.4 Å². The average Bonchev–Trinajstić information content (AvgIpc) is 3.32. The van der Waals surface area contributed by atoms with E-state index in [4.69, 9.17) is 0 Å². The molecule has 0 radical (unpaired) electrons.